The molecule has 3 heterocycles. The van der Waals surface area contributed by atoms with Crippen LogP contribution in [-0.4, -0.2) is 69.9 Å². The summed E-state index contributed by atoms with van der Waals surface area (Å²) in [6.07, 6.45) is 4.27. The van der Waals surface area contributed by atoms with Crippen molar-refractivity contribution in [2.24, 2.45) is 7.05 Å². The van der Waals surface area contributed by atoms with Gasteiger partial charge in [0.05, 0.1) is 24.4 Å². The van der Waals surface area contributed by atoms with Crippen LogP contribution in [0.25, 0.3) is 11.0 Å². The molecule has 0 atom stereocenters. The largest absolute Gasteiger partial charge is 0.495 e. The number of aryl methyl sites for hydroxylation is 2. The van der Waals surface area contributed by atoms with Crippen molar-refractivity contribution in [1.82, 2.24) is 29.5 Å². The monoisotopic (exact) mass is 485 g/mol. The molecular formula is C25H36ClN7O. The van der Waals surface area contributed by atoms with Crippen LogP contribution in [0.2, 0.25) is 5.02 Å². The normalized spacial score (nSPS) is 15.4. The van der Waals surface area contributed by atoms with E-state index in [2.05, 4.69) is 36.1 Å². The Balaban J connectivity index is 1.60. The summed E-state index contributed by atoms with van der Waals surface area (Å²) in [5, 5.41) is 8.89. The van der Waals surface area contributed by atoms with E-state index in [0.29, 0.717) is 23.4 Å². The number of nitrogens with zero attached hydrogens (tertiary/aromatic N) is 6. The summed E-state index contributed by atoms with van der Waals surface area (Å²) in [6.45, 7) is 5.64. The van der Waals surface area contributed by atoms with E-state index < -0.39 is 0 Å². The standard InChI is InChI=1S/C25H36ClN7O/c1-6-7-20-23-24(32(4)30-20)25(27-15-17-8-9-21(34-5)19(26)14-17)29-22(28-23)16-33-12-10-18(11-13-33)31(2)3/h8-9,14,18H,6-7,10-13,15-16H2,1-5H3,(H,27,28,29). The van der Waals surface area contributed by atoms with E-state index in [1.54, 1.807) is 7.11 Å². The Morgan fingerprint density at radius 2 is 1.97 bits per heavy atom. The van der Waals surface area contributed by atoms with Gasteiger partial charge in [-0.05, 0) is 51.1 Å². The number of hydrogen-bond donors (Lipinski definition) is 1. The highest BCUT2D eigenvalue weighted by atomic mass is 35.5. The zero-order valence-corrected chi connectivity index (χ0v) is 21.7. The van der Waals surface area contributed by atoms with Crippen LogP contribution in [0.3, 0.4) is 0 Å². The van der Waals surface area contributed by atoms with Crippen LogP contribution >= 0.6 is 11.6 Å². The fourth-order valence-corrected chi connectivity index (χ4v) is 4.97. The van der Waals surface area contributed by atoms with Crippen molar-refractivity contribution in [3.8, 4) is 5.75 Å². The van der Waals surface area contributed by atoms with E-state index in [4.69, 9.17) is 31.4 Å². The van der Waals surface area contributed by atoms with Gasteiger partial charge < -0.3 is 15.0 Å². The van der Waals surface area contributed by atoms with E-state index in [1.807, 2.05) is 29.9 Å². The number of anilines is 1. The van der Waals surface area contributed by atoms with Gasteiger partial charge in [0.1, 0.15) is 22.6 Å². The molecule has 1 saturated heterocycles. The number of hydrogen-bond acceptors (Lipinski definition) is 7. The lowest BCUT2D eigenvalue weighted by molar-refractivity contribution is 0.138. The molecule has 0 spiro atoms. The quantitative estimate of drug-likeness (QED) is 0.488. The lowest BCUT2D eigenvalue weighted by Crippen LogP contribution is -2.41. The summed E-state index contributed by atoms with van der Waals surface area (Å²) in [5.41, 5.74) is 3.98. The minimum absolute atomic E-state index is 0.595. The molecule has 1 aliphatic heterocycles. The molecule has 4 rings (SSSR count). The smallest absolute Gasteiger partial charge is 0.156 e. The lowest BCUT2D eigenvalue weighted by atomic mass is 10.0. The van der Waals surface area contributed by atoms with Crippen molar-refractivity contribution in [2.45, 2.75) is 51.7 Å². The molecule has 1 fully saturated rings. The van der Waals surface area contributed by atoms with E-state index in [1.165, 1.54) is 12.8 Å². The Labute approximate surface area is 207 Å². The van der Waals surface area contributed by atoms with Crippen LogP contribution in [-0.2, 0) is 26.6 Å². The third-order valence-corrected chi connectivity index (χ3v) is 6.91. The van der Waals surface area contributed by atoms with E-state index in [0.717, 1.165) is 66.4 Å². The third-order valence-electron chi connectivity index (χ3n) is 6.61. The van der Waals surface area contributed by atoms with Crippen LogP contribution < -0.4 is 10.1 Å². The first-order valence-electron chi connectivity index (χ1n) is 12.1. The van der Waals surface area contributed by atoms with Gasteiger partial charge in [0.15, 0.2) is 5.82 Å². The van der Waals surface area contributed by atoms with Gasteiger partial charge >= 0.3 is 0 Å². The Hall–Kier alpha value is -2.42. The number of likely N-dealkylation sites (tertiary alicyclic amines) is 1. The molecule has 0 unspecified atom stereocenters. The molecule has 0 amide bonds. The molecule has 0 saturated carbocycles. The Morgan fingerprint density at radius 3 is 2.62 bits per heavy atom. The van der Waals surface area contributed by atoms with Gasteiger partial charge in [-0.3, -0.25) is 9.58 Å². The van der Waals surface area contributed by atoms with Gasteiger partial charge in [-0.2, -0.15) is 5.10 Å². The number of benzene rings is 1. The summed E-state index contributed by atoms with van der Waals surface area (Å²) in [5.74, 6) is 2.33. The first-order valence-corrected chi connectivity index (χ1v) is 12.4. The summed E-state index contributed by atoms with van der Waals surface area (Å²) in [7, 11) is 7.93. The maximum atomic E-state index is 6.33. The molecule has 8 nitrogen and oxygen atoms in total. The Bertz CT molecular complexity index is 1120. The highest BCUT2D eigenvalue weighted by Gasteiger charge is 2.23. The molecule has 1 N–H and O–H groups in total. The number of aromatic nitrogens is 4. The molecule has 1 aliphatic rings. The van der Waals surface area contributed by atoms with Gasteiger partial charge in [-0.15, -0.1) is 0 Å². The van der Waals surface area contributed by atoms with Crippen molar-refractivity contribution >= 4 is 28.5 Å². The van der Waals surface area contributed by atoms with Crippen molar-refractivity contribution < 1.29 is 4.74 Å². The third kappa shape index (κ3) is 5.45. The minimum Gasteiger partial charge on any atom is -0.495 e. The second kappa shape index (κ2) is 10.9. The molecule has 184 valence electrons. The SMILES string of the molecule is CCCc1nn(C)c2c(NCc3ccc(OC)c(Cl)c3)nc(CN3CCC(N(C)C)CC3)nc12. The topological polar surface area (TPSA) is 71.3 Å². The first kappa shape index (κ1) is 24.7. The van der Waals surface area contributed by atoms with Crippen LogP contribution in [0.15, 0.2) is 18.2 Å². The van der Waals surface area contributed by atoms with Crippen LogP contribution in [0.1, 0.15) is 43.3 Å². The average Bonchev–Trinajstić information content (AvgIpc) is 3.13. The highest BCUT2D eigenvalue weighted by Crippen LogP contribution is 2.28. The maximum absolute atomic E-state index is 6.33. The molecule has 0 radical (unpaired) electrons. The number of ether oxygens (including phenoxy) is 1. The summed E-state index contributed by atoms with van der Waals surface area (Å²) in [4.78, 5) is 14.7. The Morgan fingerprint density at radius 1 is 1.21 bits per heavy atom. The Kier molecular flexibility index (Phi) is 7.91. The first-order chi connectivity index (χ1) is 16.4. The molecule has 9 heteroatoms. The van der Waals surface area contributed by atoms with Crippen molar-refractivity contribution in [3.05, 3.63) is 40.3 Å². The summed E-state index contributed by atoms with van der Waals surface area (Å²) in [6, 6.07) is 6.48. The number of piperidine rings is 1. The van der Waals surface area contributed by atoms with Gasteiger partial charge in [0, 0.05) is 32.7 Å². The second-order valence-corrected chi connectivity index (χ2v) is 9.71. The zero-order chi connectivity index (χ0) is 24.2. The number of fused-ring (bicyclic) bond motifs is 1. The molecule has 2 aromatic heterocycles. The van der Waals surface area contributed by atoms with Crippen LogP contribution in [0.5, 0.6) is 5.75 Å². The average molecular weight is 486 g/mol. The molecule has 34 heavy (non-hydrogen) atoms. The van der Waals surface area contributed by atoms with Crippen molar-refractivity contribution in [2.75, 3.05) is 39.6 Å². The van der Waals surface area contributed by atoms with Crippen LogP contribution in [0, 0.1) is 0 Å². The van der Waals surface area contributed by atoms with Crippen LogP contribution in [0.4, 0.5) is 5.82 Å². The van der Waals surface area contributed by atoms with E-state index in [-0.39, 0.29) is 0 Å². The number of halogens is 1. The second-order valence-electron chi connectivity index (χ2n) is 9.30. The summed E-state index contributed by atoms with van der Waals surface area (Å²) < 4.78 is 7.18. The molecular weight excluding hydrogens is 450 g/mol. The van der Waals surface area contributed by atoms with Crippen molar-refractivity contribution in [1.29, 1.82) is 0 Å². The van der Waals surface area contributed by atoms with Gasteiger partial charge in [0.25, 0.3) is 0 Å². The fraction of sp³-hybridized carbons (Fsp3) is 0.560. The van der Waals surface area contributed by atoms with Gasteiger partial charge in [-0.1, -0.05) is 31.0 Å². The molecule has 1 aromatic carbocycles. The minimum atomic E-state index is 0.595. The highest BCUT2D eigenvalue weighted by molar-refractivity contribution is 6.32. The number of rotatable bonds is 9. The predicted molar refractivity (Wildman–Crippen MR) is 138 cm³/mol. The van der Waals surface area contributed by atoms with E-state index >= 15 is 0 Å². The molecule has 0 aliphatic carbocycles. The lowest BCUT2D eigenvalue weighted by Gasteiger charge is -2.34. The predicted octanol–water partition coefficient (Wildman–Crippen LogP) is 4.12. The number of nitrogens with one attached hydrogen (secondary N) is 1. The van der Waals surface area contributed by atoms with E-state index in [9.17, 15) is 0 Å². The maximum Gasteiger partial charge on any atom is 0.156 e. The zero-order valence-electron chi connectivity index (χ0n) is 20.9. The van der Waals surface area contributed by atoms with Gasteiger partial charge in [-0.25, -0.2) is 9.97 Å². The summed E-state index contributed by atoms with van der Waals surface area (Å²) >= 11 is 6.33. The molecule has 3 aromatic rings. The molecule has 0 bridgehead atoms. The van der Waals surface area contributed by atoms with Crippen molar-refractivity contribution in [3.63, 3.8) is 0 Å². The number of methoxy groups -OCH3 is 1. The fourth-order valence-electron chi connectivity index (χ4n) is 4.69. The van der Waals surface area contributed by atoms with Gasteiger partial charge in [0.2, 0.25) is 0 Å².